The fourth-order valence-corrected chi connectivity index (χ4v) is 2.11. The third kappa shape index (κ3) is 4.08. The largest absolute Gasteiger partial charge is 0.460 e. The fraction of sp³-hybridized carbons (Fsp3) is 0.500. The first-order valence-corrected chi connectivity index (χ1v) is 6.90. The van der Waals surface area contributed by atoms with Crippen molar-refractivity contribution in [2.45, 2.75) is 33.2 Å². The van der Waals surface area contributed by atoms with Crippen molar-refractivity contribution in [3.63, 3.8) is 0 Å². The van der Waals surface area contributed by atoms with Crippen molar-refractivity contribution in [2.75, 3.05) is 13.2 Å². The van der Waals surface area contributed by atoms with Crippen LogP contribution in [0, 0.1) is 5.41 Å². The number of aliphatic hydroxyl groups is 1. The molecule has 0 atom stereocenters. The first kappa shape index (κ1) is 14.1. The highest BCUT2D eigenvalue weighted by Gasteiger charge is 2.15. The molecular weight excluding hydrogens is 238 g/mol. The Hall–Kier alpha value is -1.32. The van der Waals surface area contributed by atoms with Crippen molar-refractivity contribution in [1.29, 1.82) is 0 Å². The van der Waals surface area contributed by atoms with E-state index < -0.39 is 0 Å². The van der Waals surface area contributed by atoms with Crippen LogP contribution in [0.4, 0.5) is 0 Å². The molecule has 0 aliphatic rings. The lowest BCUT2D eigenvalue weighted by atomic mass is 9.89. The van der Waals surface area contributed by atoms with Crippen LogP contribution >= 0.6 is 0 Å². The summed E-state index contributed by atoms with van der Waals surface area (Å²) in [6, 6.07) is 10.1. The van der Waals surface area contributed by atoms with E-state index in [2.05, 4.69) is 31.3 Å². The summed E-state index contributed by atoms with van der Waals surface area (Å²) in [5.74, 6) is 0.975. The minimum atomic E-state index is 0.0288. The predicted molar refractivity (Wildman–Crippen MR) is 78.0 cm³/mol. The Labute approximate surface area is 114 Å². The molecule has 0 aliphatic carbocycles. The smallest absolute Gasteiger partial charge is 0.134 e. The van der Waals surface area contributed by atoms with Crippen LogP contribution in [-0.2, 0) is 6.54 Å². The van der Waals surface area contributed by atoms with E-state index in [-0.39, 0.29) is 12.0 Å². The van der Waals surface area contributed by atoms with E-state index in [1.165, 1.54) is 0 Å². The highest BCUT2D eigenvalue weighted by molar-refractivity contribution is 5.77. The molecule has 0 saturated heterocycles. The van der Waals surface area contributed by atoms with Crippen molar-refractivity contribution in [1.82, 2.24) is 5.32 Å². The van der Waals surface area contributed by atoms with E-state index >= 15 is 0 Å². The molecule has 3 heteroatoms. The summed E-state index contributed by atoms with van der Waals surface area (Å²) in [4.78, 5) is 0. The Morgan fingerprint density at radius 3 is 2.79 bits per heavy atom. The van der Waals surface area contributed by atoms with Crippen LogP contribution in [0.25, 0.3) is 11.0 Å². The van der Waals surface area contributed by atoms with Gasteiger partial charge in [-0.25, -0.2) is 0 Å². The summed E-state index contributed by atoms with van der Waals surface area (Å²) in [7, 11) is 0. The van der Waals surface area contributed by atoms with Gasteiger partial charge in [0.1, 0.15) is 11.3 Å². The number of para-hydroxylation sites is 1. The second kappa shape index (κ2) is 6.22. The van der Waals surface area contributed by atoms with Crippen LogP contribution in [-0.4, -0.2) is 18.3 Å². The predicted octanol–water partition coefficient (Wildman–Crippen LogP) is 3.32. The van der Waals surface area contributed by atoms with Gasteiger partial charge in [-0.2, -0.15) is 0 Å². The van der Waals surface area contributed by atoms with E-state index in [0.29, 0.717) is 0 Å². The second-order valence-corrected chi connectivity index (χ2v) is 5.85. The number of rotatable bonds is 7. The number of furan rings is 1. The molecule has 0 spiro atoms. The first-order chi connectivity index (χ1) is 9.11. The van der Waals surface area contributed by atoms with Gasteiger partial charge in [0.2, 0.25) is 0 Å². The number of hydrogen-bond donors (Lipinski definition) is 2. The topological polar surface area (TPSA) is 45.4 Å². The molecule has 0 bridgehead atoms. The molecule has 2 aromatic rings. The van der Waals surface area contributed by atoms with Crippen molar-refractivity contribution < 1.29 is 9.52 Å². The van der Waals surface area contributed by atoms with Gasteiger partial charge in [-0.3, -0.25) is 0 Å². The number of aliphatic hydroxyl groups excluding tert-OH is 1. The average molecular weight is 261 g/mol. The third-order valence-corrected chi connectivity index (χ3v) is 3.41. The SMILES string of the molecule is CC(C)(CO)CCCNCc1cc2ccccc2o1. The Bertz CT molecular complexity index is 483. The normalized spacial score (nSPS) is 12.2. The highest BCUT2D eigenvalue weighted by Crippen LogP contribution is 2.21. The maximum absolute atomic E-state index is 9.17. The molecule has 19 heavy (non-hydrogen) atoms. The molecule has 3 nitrogen and oxygen atoms in total. The van der Waals surface area contributed by atoms with Gasteiger partial charge >= 0.3 is 0 Å². The van der Waals surface area contributed by atoms with E-state index in [0.717, 1.165) is 42.7 Å². The van der Waals surface area contributed by atoms with Crippen LogP contribution < -0.4 is 5.32 Å². The standard InChI is InChI=1S/C16H23NO2/c1-16(2,12-18)8-5-9-17-11-14-10-13-6-3-4-7-15(13)19-14/h3-4,6-7,10,17-18H,5,8-9,11-12H2,1-2H3. The molecule has 0 unspecified atom stereocenters. The molecule has 2 rings (SSSR count). The van der Waals surface area contributed by atoms with Crippen molar-refractivity contribution in [3.05, 3.63) is 36.1 Å². The number of nitrogens with one attached hydrogen (secondary N) is 1. The zero-order valence-electron chi connectivity index (χ0n) is 11.8. The minimum Gasteiger partial charge on any atom is -0.460 e. The molecule has 104 valence electrons. The van der Waals surface area contributed by atoms with Gasteiger partial charge < -0.3 is 14.8 Å². The molecule has 1 aromatic heterocycles. The maximum Gasteiger partial charge on any atom is 0.134 e. The van der Waals surface area contributed by atoms with Crippen LogP contribution in [0.3, 0.4) is 0 Å². The summed E-state index contributed by atoms with van der Waals surface area (Å²) in [5, 5.41) is 13.7. The lowest BCUT2D eigenvalue weighted by molar-refractivity contribution is 0.148. The van der Waals surface area contributed by atoms with E-state index in [4.69, 9.17) is 4.42 Å². The lowest BCUT2D eigenvalue weighted by Gasteiger charge is -2.21. The molecule has 0 fully saturated rings. The Morgan fingerprint density at radius 2 is 2.05 bits per heavy atom. The van der Waals surface area contributed by atoms with Gasteiger partial charge in [-0.05, 0) is 36.9 Å². The van der Waals surface area contributed by atoms with Crippen molar-refractivity contribution in [3.8, 4) is 0 Å². The Morgan fingerprint density at radius 1 is 1.26 bits per heavy atom. The molecule has 2 N–H and O–H groups in total. The number of fused-ring (bicyclic) bond motifs is 1. The molecular formula is C16H23NO2. The van der Waals surface area contributed by atoms with Gasteiger partial charge in [0, 0.05) is 12.0 Å². The van der Waals surface area contributed by atoms with Gasteiger partial charge in [-0.1, -0.05) is 32.0 Å². The van der Waals surface area contributed by atoms with Crippen molar-refractivity contribution in [2.24, 2.45) is 5.41 Å². The fourth-order valence-electron chi connectivity index (χ4n) is 2.11. The van der Waals surface area contributed by atoms with Crippen LogP contribution in [0.2, 0.25) is 0 Å². The third-order valence-electron chi connectivity index (χ3n) is 3.41. The quantitative estimate of drug-likeness (QED) is 0.752. The molecule has 0 aliphatic heterocycles. The van der Waals surface area contributed by atoms with Crippen LogP contribution in [0.5, 0.6) is 0 Å². The van der Waals surface area contributed by atoms with Gasteiger partial charge in [-0.15, -0.1) is 0 Å². The summed E-state index contributed by atoms with van der Waals surface area (Å²) >= 11 is 0. The summed E-state index contributed by atoms with van der Waals surface area (Å²) in [6.45, 7) is 6.13. The monoisotopic (exact) mass is 261 g/mol. The molecule has 1 aromatic carbocycles. The average Bonchev–Trinajstić information content (AvgIpc) is 2.81. The Kier molecular flexibility index (Phi) is 4.61. The lowest BCUT2D eigenvalue weighted by Crippen LogP contribution is -2.20. The molecule has 0 saturated carbocycles. The zero-order chi connectivity index (χ0) is 13.7. The highest BCUT2D eigenvalue weighted by atomic mass is 16.3. The van der Waals surface area contributed by atoms with Gasteiger partial charge in [0.25, 0.3) is 0 Å². The molecule has 1 heterocycles. The zero-order valence-corrected chi connectivity index (χ0v) is 11.8. The van der Waals surface area contributed by atoms with E-state index in [9.17, 15) is 5.11 Å². The summed E-state index contributed by atoms with van der Waals surface area (Å²) in [6.07, 6.45) is 2.09. The molecule has 0 radical (unpaired) electrons. The van der Waals surface area contributed by atoms with Crippen LogP contribution in [0.1, 0.15) is 32.4 Å². The van der Waals surface area contributed by atoms with Crippen molar-refractivity contribution >= 4 is 11.0 Å². The first-order valence-electron chi connectivity index (χ1n) is 6.90. The summed E-state index contributed by atoms with van der Waals surface area (Å²) < 4.78 is 5.73. The minimum absolute atomic E-state index is 0.0288. The Balaban J connectivity index is 1.74. The van der Waals surface area contributed by atoms with E-state index in [1.807, 2.05) is 18.2 Å². The number of benzene rings is 1. The van der Waals surface area contributed by atoms with Crippen LogP contribution in [0.15, 0.2) is 34.7 Å². The number of hydrogen-bond acceptors (Lipinski definition) is 3. The van der Waals surface area contributed by atoms with Gasteiger partial charge in [0.05, 0.1) is 6.54 Å². The summed E-state index contributed by atoms with van der Waals surface area (Å²) in [5.41, 5.74) is 0.974. The second-order valence-electron chi connectivity index (χ2n) is 5.85. The molecule has 0 amide bonds. The van der Waals surface area contributed by atoms with Gasteiger partial charge in [0.15, 0.2) is 0 Å². The maximum atomic E-state index is 9.17. The van der Waals surface area contributed by atoms with E-state index in [1.54, 1.807) is 0 Å².